The summed E-state index contributed by atoms with van der Waals surface area (Å²) in [5.41, 5.74) is 2.39. The lowest BCUT2D eigenvalue weighted by Gasteiger charge is -2.42. The maximum Gasteiger partial charge on any atom is 0.254 e. The van der Waals surface area contributed by atoms with Gasteiger partial charge in [0.15, 0.2) is 0 Å². The summed E-state index contributed by atoms with van der Waals surface area (Å²) in [4.78, 5) is 30.2. The SMILES string of the molecule is COc1ccc(CCNC(=O)[C@H]2c3ccccc3C(=O)N(CC(C)C)[C@@H]2c2cccs2)c(OC)c1. The van der Waals surface area contributed by atoms with E-state index in [-0.39, 0.29) is 23.8 Å². The first-order valence-corrected chi connectivity index (χ1v) is 12.7. The van der Waals surface area contributed by atoms with Gasteiger partial charge in [-0.2, -0.15) is 0 Å². The van der Waals surface area contributed by atoms with E-state index >= 15 is 0 Å². The van der Waals surface area contributed by atoms with Gasteiger partial charge < -0.3 is 19.7 Å². The average molecular weight is 493 g/mol. The highest BCUT2D eigenvalue weighted by molar-refractivity contribution is 7.10. The number of amides is 2. The molecule has 2 amide bonds. The standard InChI is InChI=1S/C28H32N2O4S/c1-18(2)17-30-26(24-10-7-15-35-24)25(21-8-5-6-9-22(21)28(30)32)27(31)29-14-13-19-11-12-20(33-3)16-23(19)34-4/h5-12,15-16,18,25-26H,13-14,17H2,1-4H3,(H,29,31)/t25-,26+/m0/s1. The van der Waals surface area contributed by atoms with Crippen molar-refractivity contribution in [3.8, 4) is 11.5 Å². The second-order valence-electron chi connectivity index (χ2n) is 9.10. The van der Waals surface area contributed by atoms with E-state index in [1.165, 1.54) is 0 Å². The summed E-state index contributed by atoms with van der Waals surface area (Å²) in [5, 5.41) is 5.14. The Morgan fingerprint density at radius 1 is 1.09 bits per heavy atom. The van der Waals surface area contributed by atoms with Crippen molar-refractivity contribution in [3.05, 3.63) is 81.5 Å². The zero-order valence-corrected chi connectivity index (χ0v) is 21.4. The van der Waals surface area contributed by atoms with Crippen LogP contribution in [0.4, 0.5) is 0 Å². The molecule has 35 heavy (non-hydrogen) atoms. The number of hydrogen-bond donors (Lipinski definition) is 1. The largest absolute Gasteiger partial charge is 0.497 e. The minimum absolute atomic E-state index is 0.0141. The van der Waals surface area contributed by atoms with Gasteiger partial charge in [-0.05, 0) is 47.0 Å². The van der Waals surface area contributed by atoms with E-state index in [0.29, 0.717) is 25.1 Å². The van der Waals surface area contributed by atoms with Gasteiger partial charge in [0.05, 0.1) is 26.2 Å². The van der Waals surface area contributed by atoms with Crippen molar-refractivity contribution in [1.82, 2.24) is 10.2 Å². The van der Waals surface area contributed by atoms with Crippen molar-refractivity contribution >= 4 is 23.2 Å². The highest BCUT2D eigenvalue weighted by Gasteiger charge is 2.44. The molecule has 3 aromatic rings. The first-order chi connectivity index (χ1) is 16.9. The van der Waals surface area contributed by atoms with Gasteiger partial charge in [0.25, 0.3) is 5.91 Å². The first kappa shape index (κ1) is 24.8. The highest BCUT2D eigenvalue weighted by Crippen LogP contribution is 2.44. The van der Waals surface area contributed by atoms with E-state index in [4.69, 9.17) is 9.47 Å². The molecule has 6 nitrogen and oxygen atoms in total. The number of nitrogens with zero attached hydrogens (tertiary/aromatic N) is 1. The van der Waals surface area contributed by atoms with E-state index in [9.17, 15) is 9.59 Å². The predicted molar refractivity (Wildman–Crippen MR) is 138 cm³/mol. The Morgan fingerprint density at radius 2 is 1.89 bits per heavy atom. The van der Waals surface area contributed by atoms with Crippen LogP contribution in [0.3, 0.4) is 0 Å². The molecule has 1 aliphatic rings. The molecule has 0 bridgehead atoms. The molecule has 0 fully saturated rings. The van der Waals surface area contributed by atoms with Gasteiger partial charge in [-0.15, -0.1) is 11.3 Å². The second-order valence-corrected chi connectivity index (χ2v) is 10.1. The Kier molecular flexibility index (Phi) is 7.76. The van der Waals surface area contributed by atoms with E-state index < -0.39 is 5.92 Å². The third-order valence-electron chi connectivity index (χ3n) is 6.31. The lowest BCUT2D eigenvalue weighted by molar-refractivity contribution is -0.124. The molecule has 1 N–H and O–H groups in total. The van der Waals surface area contributed by atoms with Crippen LogP contribution in [0.1, 0.15) is 52.2 Å². The van der Waals surface area contributed by atoms with Crippen LogP contribution in [-0.4, -0.2) is 44.0 Å². The van der Waals surface area contributed by atoms with Crippen LogP contribution in [0.5, 0.6) is 11.5 Å². The van der Waals surface area contributed by atoms with Crippen molar-refractivity contribution in [1.29, 1.82) is 0 Å². The molecular formula is C28H32N2O4S. The van der Waals surface area contributed by atoms with Gasteiger partial charge >= 0.3 is 0 Å². The summed E-state index contributed by atoms with van der Waals surface area (Å²) in [5.74, 6) is 1.15. The van der Waals surface area contributed by atoms with Gasteiger partial charge in [0.1, 0.15) is 11.5 Å². The van der Waals surface area contributed by atoms with E-state index in [2.05, 4.69) is 19.2 Å². The molecular weight excluding hydrogens is 460 g/mol. The molecule has 2 heterocycles. The summed E-state index contributed by atoms with van der Waals surface area (Å²) in [6.07, 6.45) is 0.617. The van der Waals surface area contributed by atoms with Gasteiger partial charge in [-0.25, -0.2) is 0 Å². The monoisotopic (exact) mass is 492 g/mol. The maximum atomic E-state index is 13.8. The molecule has 0 radical (unpaired) electrons. The number of fused-ring (bicyclic) bond motifs is 1. The zero-order chi connectivity index (χ0) is 24.9. The first-order valence-electron chi connectivity index (χ1n) is 11.9. The number of ether oxygens (including phenoxy) is 2. The zero-order valence-electron chi connectivity index (χ0n) is 20.6. The van der Waals surface area contributed by atoms with Gasteiger partial charge in [-0.3, -0.25) is 9.59 Å². The lowest BCUT2D eigenvalue weighted by atomic mass is 9.81. The summed E-state index contributed by atoms with van der Waals surface area (Å²) in [7, 11) is 3.25. The molecule has 0 saturated heterocycles. The Morgan fingerprint density at radius 3 is 2.57 bits per heavy atom. The summed E-state index contributed by atoms with van der Waals surface area (Å²) in [6, 6.07) is 16.9. The third-order valence-corrected chi connectivity index (χ3v) is 7.25. The fourth-order valence-electron chi connectivity index (χ4n) is 4.73. The molecule has 0 saturated carbocycles. The Balaban J connectivity index is 1.62. The number of methoxy groups -OCH3 is 2. The number of carbonyl (C=O) groups is 2. The lowest BCUT2D eigenvalue weighted by Crippen LogP contribution is -2.48. The number of rotatable bonds is 9. The van der Waals surface area contributed by atoms with Crippen LogP contribution in [0.25, 0.3) is 0 Å². The van der Waals surface area contributed by atoms with Gasteiger partial charge in [0, 0.05) is 29.6 Å². The van der Waals surface area contributed by atoms with Gasteiger partial charge in [-0.1, -0.05) is 44.2 Å². The molecule has 1 aliphatic heterocycles. The number of hydrogen-bond acceptors (Lipinski definition) is 5. The molecule has 7 heteroatoms. The minimum Gasteiger partial charge on any atom is -0.497 e. The van der Waals surface area contributed by atoms with Crippen molar-refractivity contribution in [3.63, 3.8) is 0 Å². The second kappa shape index (κ2) is 11.0. The molecule has 0 unspecified atom stereocenters. The van der Waals surface area contributed by atoms with Gasteiger partial charge in [0.2, 0.25) is 5.91 Å². The van der Waals surface area contributed by atoms with Crippen LogP contribution >= 0.6 is 11.3 Å². The molecule has 2 aromatic carbocycles. The molecule has 1 aromatic heterocycles. The van der Waals surface area contributed by atoms with Crippen LogP contribution in [0, 0.1) is 5.92 Å². The molecule has 184 valence electrons. The normalized spacial score (nSPS) is 17.3. The molecule has 2 atom stereocenters. The van der Waals surface area contributed by atoms with Crippen LogP contribution < -0.4 is 14.8 Å². The minimum atomic E-state index is -0.487. The Hall–Kier alpha value is -3.32. The Labute approximate surface area is 210 Å². The quantitative estimate of drug-likeness (QED) is 0.453. The fourth-order valence-corrected chi connectivity index (χ4v) is 5.61. The maximum absolute atomic E-state index is 13.8. The Bertz CT molecular complexity index is 1180. The highest BCUT2D eigenvalue weighted by atomic mass is 32.1. The van der Waals surface area contributed by atoms with Crippen LogP contribution in [0.15, 0.2) is 60.0 Å². The van der Waals surface area contributed by atoms with Crippen LogP contribution in [0.2, 0.25) is 0 Å². The van der Waals surface area contributed by atoms with Crippen LogP contribution in [-0.2, 0) is 11.2 Å². The molecule has 0 spiro atoms. The smallest absolute Gasteiger partial charge is 0.254 e. The van der Waals surface area contributed by atoms with E-state index in [1.54, 1.807) is 25.6 Å². The number of thiophene rings is 1. The molecule has 4 rings (SSSR count). The molecule has 0 aliphatic carbocycles. The van der Waals surface area contributed by atoms with E-state index in [1.807, 2.05) is 64.9 Å². The van der Waals surface area contributed by atoms with Crippen molar-refractivity contribution in [2.24, 2.45) is 5.92 Å². The number of benzene rings is 2. The average Bonchev–Trinajstić information content (AvgIpc) is 3.40. The topological polar surface area (TPSA) is 67.9 Å². The summed E-state index contributed by atoms with van der Waals surface area (Å²) < 4.78 is 10.8. The summed E-state index contributed by atoms with van der Waals surface area (Å²) in [6.45, 7) is 5.23. The van der Waals surface area contributed by atoms with Crippen molar-refractivity contribution in [2.75, 3.05) is 27.3 Å². The van der Waals surface area contributed by atoms with Crippen molar-refractivity contribution < 1.29 is 19.1 Å². The number of nitrogens with one attached hydrogen (secondary N) is 1. The van der Waals surface area contributed by atoms with Crippen molar-refractivity contribution in [2.45, 2.75) is 32.2 Å². The third kappa shape index (κ3) is 5.20. The predicted octanol–water partition coefficient (Wildman–Crippen LogP) is 5.06. The fraction of sp³-hybridized carbons (Fsp3) is 0.357. The number of carbonyl (C=O) groups excluding carboxylic acids is 2. The summed E-state index contributed by atoms with van der Waals surface area (Å²) >= 11 is 1.58. The van der Waals surface area contributed by atoms with E-state index in [0.717, 1.165) is 27.5 Å².